The summed E-state index contributed by atoms with van der Waals surface area (Å²) in [5, 5.41) is 5.59. The molecule has 0 spiro atoms. The molecule has 2 amide bonds. The van der Waals surface area contributed by atoms with Gasteiger partial charge in [0.15, 0.2) is 0 Å². The summed E-state index contributed by atoms with van der Waals surface area (Å²) in [6, 6.07) is 12.0. The van der Waals surface area contributed by atoms with Crippen molar-refractivity contribution in [2.24, 2.45) is 5.73 Å². The third-order valence-electron chi connectivity index (χ3n) is 3.91. The number of ether oxygens (including phenoxy) is 2. The maximum absolute atomic E-state index is 12.4. The van der Waals surface area contributed by atoms with E-state index in [0.717, 1.165) is 0 Å². The van der Waals surface area contributed by atoms with Crippen LogP contribution in [0.3, 0.4) is 0 Å². The van der Waals surface area contributed by atoms with E-state index in [-0.39, 0.29) is 30.3 Å². The lowest BCUT2D eigenvalue weighted by Crippen LogP contribution is -2.20. The van der Waals surface area contributed by atoms with Gasteiger partial charge in [-0.25, -0.2) is 0 Å². The number of benzene rings is 2. The zero-order valence-electron chi connectivity index (χ0n) is 16.2. The number of carbonyl (C=O) groups is 2. The molecule has 1 unspecified atom stereocenters. The number of methoxy groups -OCH3 is 2. The molecule has 0 aliphatic rings. The van der Waals surface area contributed by atoms with Crippen molar-refractivity contribution in [1.82, 2.24) is 0 Å². The minimum Gasteiger partial charge on any atom is -0.494 e. The third kappa shape index (κ3) is 6.44. The highest BCUT2D eigenvalue weighted by Crippen LogP contribution is 2.36. The van der Waals surface area contributed by atoms with Gasteiger partial charge < -0.3 is 25.8 Å². The lowest BCUT2D eigenvalue weighted by atomic mass is 10.1. The number of halogens is 1. The number of nitrogens with one attached hydrogen (secondary N) is 2. The molecule has 4 N–H and O–H groups in total. The standard InChI is InChI=1S/C20H25N3O4.ClH/c1-13(21)9-10-19(24)22-15-11-18(27-3)16(12-17(15)26-2)23-20(25)14-7-5-4-6-8-14;/h4-8,11-13H,9-10,21H2,1-3H3,(H,22,24)(H,23,25);1H. The fourth-order valence-corrected chi connectivity index (χ4v) is 2.45. The Hall–Kier alpha value is -2.77. The van der Waals surface area contributed by atoms with E-state index in [9.17, 15) is 9.59 Å². The quantitative estimate of drug-likeness (QED) is 0.622. The van der Waals surface area contributed by atoms with Gasteiger partial charge in [-0.15, -0.1) is 12.4 Å². The van der Waals surface area contributed by atoms with Crippen molar-refractivity contribution in [3.63, 3.8) is 0 Å². The number of carbonyl (C=O) groups excluding carboxylic acids is 2. The summed E-state index contributed by atoms with van der Waals surface area (Å²) in [5.41, 5.74) is 7.11. The number of amides is 2. The zero-order chi connectivity index (χ0) is 19.8. The highest BCUT2D eigenvalue weighted by molar-refractivity contribution is 6.05. The summed E-state index contributed by atoms with van der Waals surface area (Å²) >= 11 is 0. The molecule has 28 heavy (non-hydrogen) atoms. The first-order valence-corrected chi connectivity index (χ1v) is 8.62. The smallest absolute Gasteiger partial charge is 0.255 e. The summed E-state index contributed by atoms with van der Waals surface area (Å²) < 4.78 is 10.7. The van der Waals surface area contributed by atoms with Gasteiger partial charge in [0.25, 0.3) is 5.91 Å². The molecule has 7 nitrogen and oxygen atoms in total. The van der Waals surface area contributed by atoms with E-state index in [1.807, 2.05) is 13.0 Å². The van der Waals surface area contributed by atoms with E-state index in [0.29, 0.717) is 41.3 Å². The molecule has 0 saturated heterocycles. The molecule has 0 bridgehead atoms. The number of hydrogen-bond acceptors (Lipinski definition) is 5. The topological polar surface area (TPSA) is 103 Å². The van der Waals surface area contributed by atoms with Gasteiger partial charge in [-0.2, -0.15) is 0 Å². The molecule has 0 aliphatic heterocycles. The second kappa shape index (κ2) is 11.2. The Morgan fingerprint density at radius 1 is 1.00 bits per heavy atom. The van der Waals surface area contributed by atoms with E-state index < -0.39 is 0 Å². The van der Waals surface area contributed by atoms with Crippen LogP contribution in [0.2, 0.25) is 0 Å². The highest BCUT2D eigenvalue weighted by Gasteiger charge is 2.16. The molecule has 0 fully saturated rings. The Kier molecular flexibility index (Phi) is 9.27. The molecule has 2 aromatic carbocycles. The van der Waals surface area contributed by atoms with Crippen LogP contribution in [0.15, 0.2) is 42.5 Å². The zero-order valence-corrected chi connectivity index (χ0v) is 17.0. The summed E-state index contributed by atoms with van der Waals surface area (Å²) in [7, 11) is 2.98. The van der Waals surface area contributed by atoms with Crippen LogP contribution in [0.25, 0.3) is 0 Å². The van der Waals surface area contributed by atoms with Crippen molar-refractivity contribution in [3.8, 4) is 11.5 Å². The van der Waals surface area contributed by atoms with Crippen molar-refractivity contribution in [3.05, 3.63) is 48.0 Å². The van der Waals surface area contributed by atoms with Gasteiger partial charge in [0.1, 0.15) is 11.5 Å². The summed E-state index contributed by atoms with van der Waals surface area (Å²) in [4.78, 5) is 24.5. The maximum atomic E-state index is 12.4. The lowest BCUT2D eigenvalue weighted by Gasteiger charge is -2.16. The molecule has 152 valence electrons. The summed E-state index contributed by atoms with van der Waals surface area (Å²) in [5.74, 6) is 0.370. The van der Waals surface area contributed by atoms with E-state index >= 15 is 0 Å². The minimum atomic E-state index is -0.273. The fourth-order valence-electron chi connectivity index (χ4n) is 2.45. The van der Waals surface area contributed by atoms with Crippen molar-refractivity contribution < 1.29 is 19.1 Å². The molecule has 0 aromatic heterocycles. The minimum absolute atomic E-state index is 0. The van der Waals surface area contributed by atoms with E-state index in [1.165, 1.54) is 14.2 Å². The molecule has 0 radical (unpaired) electrons. The molecule has 0 saturated carbocycles. The first kappa shape index (κ1) is 23.3. The molecular weight excluding hydrogens is 382 g/mol. The van der Waals surface area contributed by atoms with Crippen molar-refractivity contribution in [2.75, 3.05) is 24.9 Å². The van der Waals surface area contributed by atoms with Gasteiger partial charge in [-0.1, -0.05) is 18.2 Å². The van der Waals surface area contributed by atoms with Crippen LogP contribution in [0.5, 0.6) is 11.5 Å². The van der Waals surface area contributed by atoms with Crippen LogP contribution in [-0.4, -0.2) is 32.1 Å². The monoisotopic (exact) mass is 407 g/mol. The summed E-state index contributed by atoms with van der Waals surface area (Å²) in [6.45, 7) is 1.85. The first-order valence-electron chi connectivity index (χ1n) is 8.62. The Bertz CT molecular complexity index is 798. The van der Waals surface area contributed by atoms with Crippen LogP contribution >= 0.6 is 12.4 Å². The van der Waals surface area contributed by atoms with Gasteiger partial charge >= 0.3 is 0 Å². The van der Waals surface area contributed by atoms with Gasteiger partial charge in [-0.05, 0) is 25.5 Å². The predicted molar refractivity (Wildman–Crippen MR) is 113 cm³/mol. The molecule has 0 aliphatic carbocycles. The van der Waals surface area contributed by atoms with Crippen LogP contribution in [0, 0.1) is 0 Å². The van der Waals surface area contributed by atoms with E-state index in [2.05, 4.69) is 10.6 Å². The lowest BCUT2D eigenvalue weighted by molar-refractivity contribution is -0.116. The van der Waals surface area contributed by atoms with Crippen molar-refractivity contribution >= 4 is 35.6 Å². The fraction of sp³-hybridized carbons (Fsp3) is 0.300. The van der Waals surface area contributed by atoms with Crippen molar-refractivity contribution in [2.45, 2.75) is 25.8 Å². The third-order valence-corrected chi connectivity index (χ3v) is 3.91. The van der Waals surface area contributed by atoms with Crippen LogP contribution in [0.1, 0.15) is 30.1 Å². The predicted octanol–water partition coefficient (Wildman–Crippen LogP) is 3.44. The highest BCUT2D eigenvalue weighted by atomic mass is 35.5. The van der Waals surface area contributed by atoms with Gasteiger partial charge in [0.05, 0.1) is 25.6 Å². The second-order valence-electron chi connectivity index (χ2n) is 6.14. The number of rotatable bonds is 8. The van der Waals surface area contributed by atoms with Crippen molar-refractivity contribution in [1.29, 1.82) is 0 Å². The Balaban J connectivity index is 0.00000392. The van der Waals surface area contributed by atoms with Crippen LogP contribution in [0.4, 0.5) is 11.4 Å². The normalized spacial score (nSPS) is 11.0. The average Bonchev–Trinajstić information content (AvgIpc) is 2.67. The van der Waals surface area contributed by atoms with Gasteiger partial charge in [-0.3, -0.25) is 9.59 Å². The van der Waals surface area contributed by atoms with E-state index in [4.69, 9.17) is 15.2 Å². The Morgan fingerprint density at radius 3 is 2.04 bits per heavy atom. The Labute approximate surface area is 171 Å². The first-order chi connectivity index (χ1) is 12.9. The van der Waals surface area contributed by atoms with E-state index in [1.54, 1.807) is 36.4 Å². The second-order valence-corrected chi connectivity index (χ2v) is 6.14. The maximum Gasteiger partial charge on any atom is 0.255 e. The van der Waals surface area contributed by atoms with Crippen LogP contribution in [-0.2, 0) is 4.79 Å². The number of anilines is 2. The molecule has 1 atom stereocenters. The molecule has 0 heterocycles. The van der Waals surface area contributed by atoms with Gasteiger partial charge in [0, 0.05) is 30.2 Å². The number of hydrogen-bond donors (Lipinski definition) is 3. The Morgan fingerprint density at radius 2 is 1.54 bits per heavy atom. The average molecular weight is 408 g/mol. The molecular formula is C20H26ClN3O4. The van der Waals surface area contributed by atoms with Gasteiger partial charge in [0.2, 0.25) is 5.91 Å². The van der Waals surface area contributed by atoms with Crippen LogP contribution < -0.4 is 25.8 Å². The molecule has 8 heteroatoms. The SMILES string of the molecule is COc1cc(NC(=O)c2ccccc2)c(OC)cc1NC(=O)CCC(C)N.Cl. The number of nitrogens with two attached hydrogens (primary N) is 1. The molecule has 2 rings (SSSR count). The molecule has 2 aromatic rings. The summed E-state index contributed by atoms with van der Waals surface area (Å²) in [6.07, 6.45) is 0.881. The largest absolute Gasteiger partial charge is 0.494 e.